The number of carbonyl (C=O) groups excluding carboxylic acids is 1. The Labute approximate surface area is 134 Å². The molecule has 0 bridgehead atoms. The van der Waals surface area contributed by atoms with Crippen LogP contribution in [0.5, 0.6) is 0 Å². The van der Waals surface area contributed by atoms with Crippen LogP contribution < -0.4 is 5.32 Å². The smallest absolute Gasteiger partial charge is 0.262 e. The summed E-state index contributed by atoms with van der Waals surface area (Å²) in [7, 11) is 0. The van der Waals surface area contributed by atoms with Crippen LogP contribution in [0.2, 0.25) is 0 Å². The zero-order chi connectivity index (χ0) is 15.1. The second kappa shape index (κ2) is 5.27. The monoisotopic (exact) mass is 364 g/mol. The van der Waals surface area contributed by atoms with Crippen molar-refractivity contribution in [2.45, 2.75) is 20.8 Å². The first-order valence-electron chi connectivity index (χ1n) is 6.39. The van der Waals surface area contributed by atoms with Crippen molar-refractivity contribution >= 4 is 48.5 Å². The van der Waals surface area contributed by atoms with Crippen LogP contribution in [0.25, 0.3) is 10.2 Å². The summed E-state index contributed by atoms with van der Waals surface area (Å²) in [5.74, 6) is 1.07. The SMILES string of the molecule is Cc1ccc2nc(NC(=O)c3c(C)oc(C)c3Br)sc2c1. The average molecular weight is 365 g/mol. The highest BCUT2D eigenvalue weighted by molar-refractivity contribution is 9.10. The van der Waals surface area contributed by atoms with Crippen molar-refractivity contribution in [2.75, 3.05) is 5.32 Å². The van der Waals surface area contributed by atoms with Gasteiger partial charge in [0.2, 0.25) is 0 Å². The molecule has 0 fully saturated rings. The number of nitrogens with zero attached hydrogens (tertiary/aromatic N) is 1. The van der Waals surface area contributed by atoms with E-state index in [0.717, 1.165) is 10.2 Å². The average Bonchev–Trinajstić information content (AvgIpc) is 2.90. The van der Waals surface area contributed by atoms with Crippen LogP contribution in [0, 0.1) is 20.8 Å². The highest BCUT2D eigenvalue weighted by atomic mass is 79.9. The zero-order valence-corrected chi connectivity index (χ0v) is 14.2. The summed E-state index contributed by atoms with van der Waals surface area (Å²) in [5, 5.41) is 3.43. The Morgan fingerprint density at radius 1 is 1.29 bits per heavy atom. The van der Waals surface area contributed by atoms with Crippen molar-refractivity contribution in [3.8, 4) is 0 Å². The van der Waals surface area contributed by atoms with E-state index in [1.54, 1.807) is 6.92 Å². The highest BCUT2D eigenvalue weighted by Crippen LogP contribution is 2.30. The van der Waals surface area contributed by atoms with Crippen LogP contribution in [-0.4, -0.2) is 10.9 Å². The van der Waals surface area contributed by atoms with Gasteiger partial charge < -0.3 is 4.42 Å². The van der Waals surface area contributed by atoms with Crippen molar-refractivity contribution in [2.24, 2.45) is 0 Å². The van der Waals surface area contributed by atoms with Gasteiger partial charge in [-0.2, -0.15) is 0 Å². The fourth-order valence-electron chi connectivity index (χ4n) is 2.16. The third-order valence-corrected chi connectivity index (χ3v) is 5.07. The molecule has 0 unspecified atom stereocenters. The Morgan fingerprint density at radius 2 is 2.05 bits per heavy atom. The van der Waals surface area contributed by atoms with E-state index in [0.29, 0.717) is 26.7 Å². The van der Waals surface area contributed by atoms with E-state index in [4.69, 9.17) is 4.42 Å². The van der Waals surface area contributed by atoms with Crippen LogP contribution in [0.1, 0.15) is 27.4 Å². The first-order valence-corrected chi connectivity index (χ1v) is 8.00. The molecule has 4 nitrogen and oxygen atoms in total. The highest BCUT2D eigenvalue weighted by Gasteiger charge is 2.20. The van der Waals surface area contributed by atoms with E-state index in [2.05, 4.69) is 32.3 Å². The van der Waals surface area contributed by atoms with Gasteiger partial charge in [0.15, 0.2) is 5.13 Å². The number of hydrogen-bond acceptors (Lipinski definition) is 4. The Bertz CT molecular complexity index is 851. The number of halogens is 1. The number of aryl methyl sites for hydroxylation is 3. The van der Waals surface area contributed by atoms with Gasteiger partial charge >= 0.3 is 0 Å². The minimum Gasteiger partial charge on any atom is -0.465 e. The number of hydrogen-bond donors (Lipinski definition) is 1. The van der Waals surface area contributed by atoms with Gasteiger partial charge in [-0.25, -0.2) is 4.98 Å². The summed E-state index contributed by atoms with van der Waals surface area (Å²) in [6, 6.07) is 6.03. The molecular formula is C15H13BrN2O2S. The molecule has 108 valence electrons. The maximum absolute atomic E-state index is 12.4. The predicted molar refractivity (Wildman–Crippen MR) is 88.2 cm³/mol. The molecule has 1 aromatic carbocycles. The van der Waals surface area contributed by atoms with Gasteiger partial charge in [0.25, 0.3) is 5.91 Å². The fourth-order valence-corrected chi connectivity index (χ4v) is 3.66. The number of rotatable bonds is 2. The van der Waals surface area contributed by atoms with Gasteiger partial charge in [0.05, 0.1) is 20.3 Å². The zero-order valence-electron chi connectivity index (χ0n) is 11.8. The quantitative estimate of drug-likeness (QED) is 0.708. The first-order chi connectivity index (χ1) is 9.95. The lowest BCUT2D eigenvalue weighted by molar-refractivity contribution is 0.102. The third-order valence-electron chi connectivity index (χ3n) is 3.18. The van der Waals surface area contributed by atoms with Gasteiger partial charge in [-0.3, -0.25) is 10.1 Å². The molecule has 0 saturated heterocycles. The molecule has 3 aromatic rings. The summed E-state index contributed by atoms with van der Waals surface area (Å²) < 4.78 is 7.20. The Morgan fingerprint density at radius 3 is 2.71 bits per heavy atom. The summed E-state index contributed by atoms with van der Waals surface area (Å²) in [6.07, 6.45) is 0. The third kappa shape index (κ3) is 2.61. The molecule has 2 heterocycles. The maximum atomic E-state index is 12.4. The molecule has 1 N–H and O–H groups in total. The molecule has 21 heavy (non-hydrogen) atoms. The van der Waals surface area contributed by atoms with Gasteiger partial charge in [-0.05, 0) is 54.4 Å². The minimum atomic E-state index is -0.216. The standard InChI is InChI=1S/C15H13BrN2O2S/c1-7-4-5-10-11(6-7)21-15(17-10)18-14(19)12-8(2)20-9(3)13(12)16/h4-6H,1-3H3,(H,17,18,19). The van der Waals surface area contributed by atoms with Gasteiger partial charge in [-0.15, -0.1) is 0 Å². The molecule has 0 spiro atoms. The van der Waals surface area contributed by atoms with Crippen LogP contribution in [0.3, 0.4) is 0 Å². The molecule has 1 amide bonds. The van der Waals surface area contributed by atoms with Crippen LogP contribution in [0.15, 0.2) is 27.1 Å². The number of thiazole rings is 1. The van der Waals surface area contributed by atoms with Crippen molar-refractivity contribution < 1.29 is 9.21 Å². The summed E-state index contributed by atoms with van der Waals surface area (Å²) in [5.41, 5.74) is 2.58. The normalized spacial score (nSPS) is 11.0. The number of aromatic nitrogens is 1. The lowest BCUT2D eigenvalue weighted by atomic mass is 10.2. The van der Waals surface area contributed by atoms with Gasteiger partial charge in [0.1, 0.15) is 11.5 Å². The molecule has 3 rings (SSSR count). The van der Waals surface area contributed by atoms with Gasteiger partial charge in [-0.1, -0.05) is 17.4 Å². The number of nitrogens with one attached hydrogen (secondary N) is 1. The predicted octanol–water partition coefficient (Wildman–Crippen LogP) is 4.83. The first kappa shape index (κ1) is 14.3. The second-order valence-corrected chi connectivity index (χ2v) is 6.67. The minimum absolute atomic E-state index is 0.216. The molecule has 0 aliphatic heterocycles. The van der Waals surface area contributed by atoms with E-state index in [-0.39, 0.29) is 5.91 Å². The summed E-state index contributed by atoms with van der Waals surface area (Å²) in [6.45, 7) is 5.62. The molecule has 0 atom stereocenters. The molecule has 6 heteroatoms. The van der Waals surface area contributed by atoms with Crippen molar-refractivity contribution in [1.82, 2.24) is 4.98 Å². The summed E-state index contributed by atoms with van der Waals surface area (Å²) in [4.78, 5) is 16.8. The lowest BCUT2D eigenvalue weighted by Gasteiger charge is -2.00. The largest absolute Gasteiger partial charge is 0.465 e. The number of furan rings is 1. The molecule has 0 radical (unpaired) electrons. The molecule has 0 aliphatic rings. The van der Waals surface area contributed by atoms with E-state index in [9.17, 15) is 4.79 Å². The van der Waals surface area contributed by atoms with E-state index in [1.807, 2.05) is 26.0 Å². The number of amides is 1. The Hall–Kier alpha value is -1.66. The van der Waals surface area contributed by atoms with Crippen LogP contribution in [0.4, 0.5) is 5.13 Å². The number of benzene rings is 1. The number of carbonyl (C=O) groups is 1. The van der Waals surface area contributed by atoms with E-state index < -0.39 is 0 Å². The Balaban J connectivity index is 1.92. The number of anilines is 1. The molecule has 0 aliphatic carbocycles. The van der Waals surface area contributed by atoms with E-state index >= 15 is 0 Å². The molecule has 2 aromatic heterocycles. The van der Waals surface area contributed by atoms with Crippen molar-refractivity contribution in [1.29, 1.82) is 0 Å². The van der Waals surface area contributed by atoms with Crippen molar-refractivity contribution in [3.05, 3.63) is 45.3 Å². The number of fused-ring (bicyclic) bond motifs is 1. The lowest BCUT2D eigenvalue weighted by Crippen LogP contribution is -2.12. The van der Waals surface area contributed by atoms with Crippen LogP contribution in [-0.2, 0) is 0 Å². The maximum Gasteiger partial charge on any atom is 0.262 e. The van der Waals surface area contributed by atoms with E-state index in [1.165, 1.54) is 16.9 Å². The topological polar surface area (TPSA) is 55.1 Å². The van der Waals surface area contributed by atoms with Crippen LogP contribution >= 0.6 is 27.3 Å². The fraction of sp³-hybridized carbons (Fsp3) is 0.200. The molecular weight excluding hydrogens is 352 g/mol. The van der Waals surface area contributed by atoms with Gasteiger partial charge in [0, 0.05) is 0 Å². The Kier molecular flexibility index (Phi) is 3.59. The van der Waals surface area contributed by atoms with Crippen molar-refractivity contribution in [3.63, 3.8) is 0 Å². The molecule has 0 saturated carbocycles. The second-order valence-electron chi connectivity index (χ2n) is 4.85. The summed E-state index contributed by atoms with van der Waals surface area (Å²) >= 11 is 4.85.